The minimum Gasteiger partial charge on any atom is -0.490 e. The number of ether oxygens (including phenoxy) is 2. The van der Waals surface area contributed by atoms with Gasteiger partial charge >= 0.3 is 0 Å². The molecule has 1 amide bonds. The van der Waals surface area contributed by atoms with Crippen molar-refractivity contribution in [1.82, 2.24) is 5.32 Å². The zero-order valence-corrected chi connectivity index (χ0v) is 19.4. The van der Waals surface area contributed by atoms with Gasteiger partial charge in [0, 0.05) is 5.02 Å². The van der Waals surface area contributed by atoms with Crippen LogP contribution in [0.2, 0.25) is 5.02 Å². The second-order valence-electron chi connectivity index (χ2n) is 6.06. The van der Waals surface area contributed by atoms with E-state index in [2.05, 4.69) is 26.2 Å². The Balaban J connectivity index is 1.90. The van der Waals surface area contributed by atoms with Gasteiger partial charge in [-0.15, -0.1) is 0 Å². The van der Waals surface area contributed by atoms with Crippen LogP contribution in [0.25, 0.3) is 6.08 Å². The molecule has 2 aromatic carbocycles. The van der Waals surface area contributed by atoms with Crippen molar-refractivity contribution in [2.24, 2.45) is 4.99 Å². The number of carbonyl (C=O) groups is 1. The van der Waals surface area contributed by atoms with E-state index in [4.69, 9.17) is 21.1 Å². The molecule has 0 saturated carbocycles. The van der Waals surface area contributed by atoms with Gasteiger partial charge in [-0.3, -0.25) is 4.79 Å². The van der Waals surface area contributed by atoms with Crippen molar-refractivity contribution in [3.63, 3.8) is 0 Å². The molecule has 1 saturated heterocycles. The third kappa shape index (κ3) is 5.15. The molecule has 1 fully saturated rings. The lowest BCUT2D eigenvalue weighted by atomic mass is 10.2. The Kier molecular flexibility index (Phi) is 7.27. The summed E-state index contributed by atoms with van der Waals surface area (Å²) in [6, 6.07) is 9.26. The van der Waals surface area contributed by atoms with E-state index in [0.717, 1.165) is 21.3 Å². The molecule has 8 heteroatoms. The lowest BCUT2D eigenvalue weighted by molar-refractivity contribution is -0.115. The summed E-state index contributed by atoms with van der Waals surface area (Å²) in [6.45, 7) is 6.76. The Hall–Kier alpha value is -1.96. The molecular weight excluding hydrogens is 476 g/mol. The first-order valence-electron chi connectivity index (χ1n) is 9.06. The Morgan fingerprint density at radius 2 is 2.00 bits per heavy atom. The van der Waals surface area contributed by atoms with Gasteiger partial charge in [0.15, 0.2) is 16.7 Å². The third-order valence-electron chi connectivity index (χ3n) is 4.03. The maximum Gasteiger partial charge on any atom is 0.264 e. The molecule has 3 rings (SSSR count). The minimum absolute atomic E-state index is 0.198. The Labute approximate surface area is 187 Å². The van der Waals surface area contributed by atoms with Crippen LogP contribution in [-0.4, -0.2) is 24.3 Å². The van der Waals surface area contributed by atoms with Gasteiger partial charge in [0.2, 0.25) is 0 Å². The van der Waals surface area contributed by atoms with Crippen molar-refractivity contribution in [3.8, 4) is 11.5 Å². The standard InChI is InChI=1S/C21H20BrClN2O3S/c1-4-27-17-10-13(9-14(22)19(17)28-5-2)11-18-20(26)25-21(29-18)24-16-8-6-7-15(23)12(16)3/h6-11H,4-5H2,1-3H3,(H,24,25,26)/b18-11+. The molecule has 1 aliphatic rings. The molecule has 1 heterocycles. The van der Waals surface area contributed by atoms with Crippen LogP contribution in [0, 0.1) is 6.92 Å². The number of aliphatic imine (C=N–C) groups is 1. The molecule has 29 heavy (non-hydrogen) atoms. The largest absolute Gasteiger partial charge is 0.490 e. The van der Waals surface area contributed by atoms with Gasteiger partial charge in [-0.25, -0.2) is 4.99 Å². The summed E-state index contributed by atoms with van der Waals surface area (Å²) in [5, 5.41) is 3.95. The Bertz CT molecular complexity index is 1010. The summed E-state index contributed by atoms with van der Waals surface area (Å²) in [6.07, 6.45) is 1.80. The molecule has 0 atom stereocenters. The molecule has 152 valence electrons. The summed E-state index contributed by atoms with van der Waals surface area (Å²) in [4.78, 5) is 17.5. The average Bonchev–Trinajstić information content (AvgIpc) is 3.01. The van der Waals surface area contributed by atoms with Crippen LogP contribution in [0.15, 0.2) is 44.7 Å². The maximum absolute atomic E-state index is 12.4. The van der Waals surface area contributed by atoms with Gasteiger partial charge in [0.25, 0.3) is 5.91 Å². The topological polar surface area (TPSA) is 59.9 Å². The van der Waals surface area contributed by atoms with Crippen LogP contribution < -0.4 is 14.8 Å². The molecule has 0 unspecified atom stereocenters. The normalized spacial score (nSPS) is 16.4. The Morgan fingerprint density at radius 1 is 1.24 bits per heavy atom. The number of thioether (sulfide) groups is 1. The fraction of sp³-hybridized carbons (Fsp3) is 0.238. The van der Waals surface area contributed by atoms with E-state index in [1.807, 2.05) is 51.1 Å². The van der Waals surface area contributed by atoms with Gasteiger partial charge in [-0.2, -0.15) is 0 Å². The highest BCUT2D eigenvalue weighted by molar-refractivity contribution is 9.10. The molecule has 1 aliphatic heterocycles. The molecule has 2 aromatic rings. The predicted octanol–water partition coefficient (Wildman–Crippen LogP) is 6.10. The SMILES string of the molecule is CCOc1cc(/C=C2/SC(=Nc3cccc(Cl)c3C)NC2=O)cc(Br)c1OCC. The zero-order valence-electron chi connectivity index (χ0n) is 16.2. The minimum atomic E-state index is -0.198. The lowest BCUT2D eigenvalue weighted by Gasteiger charge is -2.13. The summed E-state index contributed by atoms with van der Waals surface area (Å²) in [7, 11) is 0. The number of benzene rings is 2. The van der Waals surface area contributed by atoms with Crippen LogP contribution in [0.3, 0.4) is 0 Å². The fourth-order valence-electron chi connectivity index (χ4n) is 2.68. The van der Waals surface area contributed by atoms with E-state index in [-0.39, 0.29) is 5.91 Å². The smallest absolute Gasteiger partial charge is 0.264 e. The van der Waals surface area contributed by atoms with E-state index >= 15 is 0 Å². The monoisotopic (exact) mass is 494 g/mol. The van der Waals surface area contributed by atoms with Gasteiger partial charge in [0.1, 0.15) is 0 Å². The van der Waals surface area contributed by atoms with Gasteiger partial charge < -0.3 is 14.8 Å². The van der Waals surface area contributed by atoms with Crippen molar-refractivity contribution in [1.29, 1.82) is 0 Å². The van der Waals surface area contributed by atoms with Crippen molar-refractivity contribution in [3.05, 3.63) is 55.9 Å². The zero-order chi connectivity index (χ0) is 21.0. The second kappa shape index (κ2) is 9.69. The first kappa shape index (κ1) is 21.7. The predicted molar refractivity (Wildman–Crippen MR) is 123 cm³/mol. The van der Waals surface area contributed by atoms with Crippen LogP contribution in [0.1, 0.15) is 25.0 Å². The number of amides is 1. The highest BCUT2D eigenvalue weighted by Crippen LogP contribution is 2.38. The molecule has 0 aliphatic carbocycles. The number of hydrogen-bond donors (Lipinski definition) is 1. The fourth-order valence-corrected chi connectivity index (χ4v) is 4.26. The van der Waals surface area contributed by atoms with Gasteiger partial charge in [0.05, 0.1) is 28.3 Å². The van der Waals surface area contributed by atoms with E-state index in [0.29, 0.717) is 39.8 Å². The van der Waals surface area contributed by atoms with E-state index in [9.17, 15) is 4.79 Å². The van der Waals surface area contributed by atoms with Gasteiger partial charge in [-0.05, 0) is 89.9 Å². The summed E-state index contributed by atoms with van der Waals surface area (Å²) in [5.74, 6) is 1.08. The van der Waals surface area contributed by atoms with E-state index < -0.39 is 0 Å². The van der Waals surface area contributed by atoms with Crippen LogP contribution in [0.5, 0.6) is 11.5 Å². The summed E-state index contributed by atoms with van der Waals surface area (Å²) < 4.78 is 12.1. The third-order valence-corrected chi connectivity index (χ3v) is 5.94. The molecule has 5 nitrogen and oxygen atoms in total. The number of carbonyl (C=O) groups excluding carboxylic acids is 1. The average molecular weight is 496 g/mol. The highest BCUT2D eigenvalue weighted by atomic mass is 79.9. The van der Waals surface area contributed by atoms with Crippen LogP contribution in [0.4, 0.5) is 5.69 Å². The number of amidine groups is 1. The maximum atomic E-state index is 12.4. The molecule has 0 radical (unpaired) electrons. The molecule has 0 aromatic heterocycles. The highest BCUT2D eigenvalue weighted by Gasteiger charge is 2.24. The molecule has 0 bridgehead atoms. The summed E-state index contributed by atoms with van der Waals surface area (Å²) >= 11 is 11.0. The Morgan fingerprint density at radius 3 is 2.72 bits per heavy atom. The lowest BCUT2D eigenvalue weighted by Crippen LogP contribution is -2.19. The van der Waals surface area contributed by atoms with Crippen molar-refractivity contribution < 1.29 is 14.3 Å². The summed E-state index contributed by atoms with van der Waals surface area (Å²) in [5.41, 5.74) is 2.41. The van der Waals surface area contributed by atoms with Gasteiger partial charge in [-0.1, -0.05) is 17.7 Å². The van der Waals surface area contributed by atoms with Crippen LogP contribution in [-0.2, 0) is 4.79 Å². The molecular formula is C21H20BrClN2O3S. The molecule has 1 N–H and O–H groups in total. The number of nitrogens with zero attached hydrogens (tertiary/aromatic N) is 1. The van der Waals surface area contributed by atoms with E-state index in [1.54, 1.807) is 6.08 Å². The van der Waals surface area contributed by atoms with Crippen molar-refractivity contribution in [2.45, 2.75) is 20.8 Å². The number of halogens is 2. The number of nitrogens with one attached hydrogen (secondary N) is 1. The quantitative estimate of drug-likeness (QED) is 0.492. The van der Waals surface area contributed by atoms with Crippen LogP contribution >= 0.6 is 39.3 Å². The second-order valence-corrected chi connectivity index (χ2v) is 8.35. The first-order chi connectivity index (χ1) is 13.9. The first-order valence-corrected chi connectivity index (χ1v) is 11.1. The number of hydrogen-bond acceptors (Lipinski definition) is 5. The molecule has 0 spiro atoms. The van der Waals surface area contributed by atoms with E-state index in [1.165, 1.54) is 11.8 Å². The number of rotatable bonds is 6. The van der Waals surface area contributed by atoms with Crippen molar-refractivity contribution >= 4 is 62.1 Å². The van der Waals surface area contributed by atoms with Crippen molar-refractivity contribution in [2.75, 3.05) is 13.2 Å².